The van der Waals surface area contributed by atoms with E-state index in [1.165, 1.54) is 5.56 Å². The van der Waals surface area contributed by atoms with Crippen LogP contribution in [0.2, 0.25) is 0 Å². The van der Waals surface area contributed by atoms with E-state index in [2.05, 4.69) is 37.4 Å². The second-order valence-corrected chi connectivity index (χ2v) is 4.14. The van der Waals surface area contributed by atoms with E-state index in [1.807, 2.05) is 17.9 Å². The number of hydrogen-bond acceptors (Lipinski definition) is 2. The highest BCUT2D eigenvalue weighted by molar-refractivity contribution is 5.09. The Morgan fingerprint density at radius 3 is 2.71 bits per heavy atom. The summed E-state index contributed by atoms with van der Waals surface area (Å²) < 4.78 is 2.03. The van der Waals surface area contributed by atoms with E-state index in [1.54, 1.807) is 0 Å². The van der Waals surface area contributed by atoms with Crippen molar-refractivity contribution in [2.45, 2.75) is 39.8 Å². The van der Waals surface area contributed by atoms with Crippen LogP contribution in [0, 0.1) is 5.92 Å². The summed E-state index contributed by atoms with van der Waals surface area (Å²) in [6, 6.07) is 0.441. The van der Waals surface area contributed by atoms with Crippen LogP contribution in [-0.4, -0.2) is 16.8 Å². The van der Waals surface area contributed by atoms with Gasteiger partial charge in [-0.2, -0.15) is 5.10 Å². The zero-order chi connectivity index (χ0) is 10.6. The molecular weight excluding hydrogens is 174 g/mol. The van der Waals surface area contributed by atoms with E-state index < -0.39 is 0 Å². The molecule has 1 atom stereocenters. The SMILES string of the molecule is CCC(NC)c1cnn(CC(C)C)c1. The average Bonchev–Trinajstić information content (AvgIpc) is 2.54. The summed E-state index contributed by atoms with van der Waals surface area (Å²) in [5.41, 5.74) is 1.29. The molecule has 1 N–H and O–H groups in total. The molecule has 1 unspecified atom stereocenters. The minimum atomic E-state index is 0.441. The van der Waals surface area contributed by atoms with Gasteiger partial charge in [-0.05, 0) is 19.4 Å². The quantitative estimate of drug-likeness (QED) is 0.780. The Hall–Kier alpha value is -0.830. The molecule has 0 amide bonds. The maximum absolute atomic E-state index is 4.35. The third-order valence-corrected chi connectivity index (χ3v) is 2.36. The van der Waals surface area contributed by atoms with E-state index in [4.69, 9.17) is 0 Å². The molecule has 0 spiro atoms. The molecule has 0 aliphatic heterocycles. The van der Waals surface area contributed by atoms with Crippen molar-refractivity contribution >= 4 is 0 Å². The van der Waals surface area contributed by atoms with Gasteiger partial charge in [0.15, 0.2) is 0 Å². The highest BCUT2D eigenvalue weighted by Gasteiger charge is 2.08. The summed E-state index contributed by atoms with van der Waals surface area (Å²) in [6.45, 7) is 7.59. The first-order chi connectivity index (χ1) is 6.67. The van der Waals surface area contributed by atoms with Crippen LogP contribution in [-0.2, 0) is 6.54 Å². The molecule has 0 bridgehead atoms. The lowest BCUT2D eigenvalue weighted by Crippen LogP contribution is -2.14. The normalized spacial score (nSPS) is 13.5. The molecule has 80 valence electrons. The largest absolute Gasteiger partial charge is 0.313 e. The molecule has 1 rings (SSSR count). The van der Waals surface area contributed by atoms with Gasteiger partial charge in [0.1, 0.15) is 0 Å². The van der Waals surface area contributed by atoms with E-state index in [9.17, 15) is 0 Å². The monoisotopic (exact) mass is 195 g/mol. The fourth-order valence-electron chi connectivity index (χ4n) is 1.64. The molecule has 3 heteroatoms. The topological polar surface area (TPSA) is 29.9 Å². The first-order valence-electron chi connectivity index (χ1n) is 5.37. The second kappa shape index (κ2) is 5.15. The first-order valence-corrected chi connectivity index (χ1v) is 5.37. The lowest BCUT2D eigenvalue weighted by atomic mass is 10.1. The van der Waals surface area contributed by atoms with Crippen LogP contribution in [0.25, 0.3) is 0 Å². The Labute approximate surface area is 86.5 Å². The van der Waals surface area contributed by atoms with Crippen LogP contribution in [0.4, 0.5) is 0 Å². The van der Waals surface area contributed by atoms with Gasteiger partial charge in [0.05, 0.1) is 6.20 Å². The summed E-state index contributed by atoms with van der Waals surface area (Å²) in [7, 11) is 1.99. The van der Waals surface area contributed by atoms with Crippen molar-refractivity contribution in [2.24, 2.45) is 5.92 Å². The van der Waals surface area contributed by atoms with Gasteiger partial charge in [-0.1, -0.05) is 20.8 Å². The standard InChI is InChI=1S/C11H21N3/c1-5-11(12-4)10-6-13-14(8-10)7-9(2)3/h6,8-9,11-12H,5,7H2,1-4H3. The van der Waals surface area contributed by atoms with E-state index in [0.717, 1.165) is 13.0 Å². The Morgan fingerprint density at radius 1 is 1.50 bits per heavy atom. The molecule has 1 heterocycles. The van der Waals surface area contributed by atoms with Crippen molar-refractivity contribution in [1.29, 1.82) is 0 Å². The van der Waals surface area contributed by atoms with Crippen molar-refractivity contribution in [2.75, 3.05) is 7.05 Å². The van der Waals surface area contributed by atoms with Crippen LogP contribution in [0.1, 0.15) is 38.8 Å². The summed E-state index contributed by atoms with van der Waals surface area (Å²) in [6.07, 6.45) is 5.21. The maximum atomic E-state index is 4.35. The highest BCUT2D eigenvalue weighted by atomic mass is 15.3. The highest BCUT2D eigenvalue weighted by Crippen LogP contribution is 2.15. The van der Waals surface area contributed by atoms with Crippen LogP contribution in [0.15, 0.2) is 12.4 Å². The van der Waals surface area contributed by atoms with Gasteiger partial charge < -0.3 is 5.32 Å². The Kier molecular flexibility index (Phi) is 4.14. The predicted molar refractivity (Wildman–Crippen MR) is 59.2 cm³/mol. The van der Waals surface area contributed by atoms with E-state index >= 15 is 0 Å². The smallest absolute Gasteiger partial charge is 0.0537 e. The van der Waals surface area contributed by atoms with Crippen molar-refractivity contribution in [3.8, 4) is 0 Å². The van der Waals surface area contributed by atoms with Gasteiger partial charge in [-0.3, -0.25) is 4.68 Å². The fourth-order valence-corrected chi connectivity index (χ4v) is 1.64. The molecule has 0 aromatic carbocycles. The summed E-state index contributed by atoms with van der Waals surface area (Å²) in [4.78, 5) is 0. The number of hydrogen-bond donors (Lipinski definition) is 1. The lowest BCUT2D eigenvalue weighted by molar-refractivity contribution is 0.481. The van der Waals surface area contributed by atoms with Crippen molar-refractivity contribution in [3.63, 3.8) is 0 Å². The number of nitrogens with zero attached hydrogens (tertiary/aromatic N) is 2. The molecule has 1 aromatic heterocycles. The molecule has 0 saturated heterocycles. The Morgan fingerprint density at radius 2 is 2.21 bits per heavy atom. The first kappa shape index (κ1) is 11.2. The average molecular weight is 195 g/mol. The summed E-state index contributed by atoms with van der Waals surface area (Å²) in [5, 5.41) is 7.63. The minimum Gasteiger partial charge on any atom is -0.313 e. The lowest BCUT2D eigenvalue weighted by Gasteiger charge is -2.10. The minimum absolute atomic E-state index is 0.441. The Balaban J connectivity index is 2.66. The predicted octanol–water partition coefficient (Wildman–Crippen LogP) is 2.21. The van der Waals surface area contributed by atoms with Crippen LogP contribution >= 0.6 is 0 Å². The zero-order valence-electron chi connectivity index (χ0n) is 9.62. The summed E-state index contributed by atoms with van der Waals surface area (Å²) >= 11 is 0. The number of aromatic nitrogens is 2. The third kappa shape index (κ3) is 2.84. The van der Waals surface area contributed by atoms with Crippen LogP contribution in [0.3, 0.4) is 0 Å². The molecule has 1 aromatic rings. The maximum Gasteiger partial charge on any atom is 0.0537 e. The zero-order valence-corrected chi connectivity index (χ0v) is 9.62. The number of nitrogens with one attached hydrogen (secondary N) is 1. The van der Waals surface area contributed by atoms with Gasteiger partial charge in [0.2, 0.25) is 0 Å². The molecule has 0 saturated carbocycles. The molecule has 14 heavy (non-hydrogen) atoms. The van der Waals surface area contributed by atoms with Crippen molar-refractivity contribution < 1.29 is 0 Å². The van der Waals surface area contributed by atoms with Gasteiger partial charge >= 0.3 is 0 Å². The second-order valence-electron chi connectivity index (χ2n) is 4.14. The number of rotatable bonds is 5. The molecular formula is C11H21N3. The van der Waals surface area contributed by atoms with Crippen molar-refractivity contribution in [3.05, 3.63) is 18.0 Å². The molecule has 0 radical (unpaired) electrons. The molecule has 0 fully saturated rings. The van der Waals surface area contributed by atoms with E-state index in [0.29, 0.717) is 12.0 Å². The third-order valence-electron chi connectivity index (χ3n) is 2.36. The molecule has 3 nitrogen and oxygen atoms in total. The van der Waals surface area contributed by atoms with Gasteiger partial charge in [0, 0.05) is 24.3 Å². The van der Waals surface area contributed by atoms with Gasteiger partial charge in [-0.15, -0.1) is 0 Å². The van der Waals surface area contributed by atoms with Crippen molar-refractivity contribution in [1.82, 2.24) is 15.1 Å². The fraction of sp³-hybridized carbons (Fsp3) is 0.727. The van der Waals surface area contributed by atoms with E-state index in [-0.39, 0.29) is 0 Å². The summed E-state index contributed by atoms with van der Waals surface area (Å²) in [5.74, 6) is 0.650. The van der Waals surface area contributed by atoms with Crippen LogP contribution < -0.4 is 5.32 Å². The Bertz CT molecular complexity index is 261. The molecule has 0 aliphatic rings. The molecule has 0 aliphatic carbocycles. The van der Waals surface area contributed by atoms with Gasteiger partial charge in [0.25, 0.3) is 0 Å². The van der Waals surface area contributed by atoms with Crippen LogP contribution in [0.5, 0.6) is 0 Å². The van der Waals surface area contributed by atoms with Gasteiger partial charge in [-0.25, -0.2) is 0 Å².